The van der Waals surface area contributed by atoms with E-state index in [0.29, 0.717) is 20.9 Å². The molecule has 0 atom stereocenters. The van der Waals surface area contributed by atoms with Gasteiger partial charge in [0.05, 0.1) is 16.1 Å². The number of rotatable bonds is 4. The summed E-state index contributed by atoms with van der Waals surface area (Å²) in [6.07, 6.45) is 0. The lowest BCUT2D eigenvalue weighted by molar-refractivity contribution is -0.254. The molecule has 0 saturated heterocycles. The second kappa shape index (κ2) is 7.57. The van der Waals surface area contributed by atoms with Gasteiger partial charge >= 0.3 is 17.8 Å². The van der Waals surface area contributed by atoms with Crippen LogP contribution < -0.4 is 9.00 Å². The maximum Gasteiger partial charge on any atom is 0.380 e. The van der Waals surface area contributed by atoms with Crippen LogP contribution in [0.15, 0.2) is 0 Å². The van der Waals surface area contributed by atoms with Gasteiger partial charge in [-0.05, 0) is 47.8 Å². The van der Waals surface area contributed by atoms with E-state index in [9.17, 15) is 8.78 Å². The van der Waals surface area contributed by atoms with Gasteiger partial charge in [0.2, 0.25) is 0 Å². The fourth-order valence-corrected chi connectivity index (χ4v) is 12.6. The summed E-state index contributed by atoms with van der Waals surface area (Å²) in [6.45, 7) is 18.5. The summed E-state index contributed by atoms with van der Waals surface area (Å²) in [4.78, 5) is 0.753. The van der Waals surface area contributed by atoms with Crippen LogP contribution in [-0.2, 0) is 0 Å². The minimum atomic E-state index is -5.52. The van der Waals surface area contributed by atoms with Gasteiger partial charge in [0, 0.05) is 32.0 Å². The summed E-state index contributed by atoms with van der Waals surface area (Å²) in [7, 11) is -4.03. The van der Waals surface area contributed by atoms with Gasteiger partial charge in [0.25, 0.3) is 0 Å². The van der Waals surface area contributed by atoms with Crippen LogP contribution in [0.1, 0.15) is 32.0 Å². The van der Waals surface area contributed by atoms with Crippen molar-refractivity contribution in [3.05, 3.63) is 32.0 Å². The second-order valence-corrected chi connectivity index (χ2v) is 24.1. The minimum Gasteiger partial charge on any atom is -0.194 e. The molecular weight excluding hydrogens is 511 g/mol. The molecule has 2 heterocycles. The molecule has 0 aliphatic heterocycles. The van der Waals surface area contributed by atoms with Crippen molar-refractivity contribution in [2.24, 2.45) is 0 Å². The molecule has 0 bridgehead atoms. The number of halogens is 6. The van der Waals surface area contributed by atoms with Crippen molar-refractivity contribution in [3.63, 3.8) is 0 Å². The van der Waals surface area contributed by atoms with Gasteiger partial charge in [-0.1, -0.05) is 39.3 Å². The van der Waals surface area contributed by atoms with E-state index in [2.05, 4.69) is 0 Å². The van der Waals surface area contributed by atoms with E-state index < -0.39 is 45.1 Å². The summed E-state index contributed by atoms with van der Waals surface area (Å²) in [5.41, 5.74) is -1.80. The minimum absolute atomic E-state index is 0.131. The second-order valence-electron chi connectivity index (χ2n) is 10.9. The molecule has 10 heteroatoms. The Bertz CT molecular complexity index is 1070. The molecule has 2 aromatic rings. The van der Waals surface area contributed by atoms with Crippen LogP contribution in [0.4, 0.5) is 26.3 Å². The van der Waals surface area contributed by atoms with E-state index in [4.69, 9.17) is 0 Å². The first kappa shape index (κ1) is 26.8. The molecule has 0 nitrogen and oxygen atoms in total. The predicted molar refractivity (Wildman–Crippen MR) is 135 cm³/mol. The van der Waals surface area contributed by atoms with Crippen molar-refractivity contribution in [2.45, 2.75) is 84.7 Å². The van der Waals surface area contributed by atoms with Gasteiger partial charge in [-0.25, -0.2) is 0 Å². The number of thiophene rings is 2. The third-order valence-corrected chi connectivity index (χ3v) is 16.0. The Morgan fingerprint density at radius 3 is 1.03 bits per heavy atom. The number of alkyl halides is 6. The van der Waals surface area contributed by atoms with Gasteiger partial charge in [-0.2, -0.15) is 26.3 Å². The van der Waals surface area contributed by atoms with Crippen molar-refractivity contribution in [3.8, 4) is 0 Å². The molecule has 0 spiro atoms. The van der Waals surface area contributed by atoms with E-state index in [0.717, 1.165) is 9.00 Å². The number of aryl methyl sites for hydroxylation is 2. The Morgan fingerprint density at radius 1 is 0.545 bits per heavy atom. The fourth-order valence-electron chi connectivity index (χ4n) is 4.86. The third kappa shape index (κ3) is 3.65. The van der Waals surface area contributed by atoms with Crippen molar-refractivity contribution in [1.29, 1.82) is 0 Å². The zero-order valence-corrected chi connectivity index (χ0v) is 24.2. The monoisotopic (exact) mass is 540 g/mol. The highest BCUT2D eigenvalue weighted by Crippen LogP contribution is 2.66. The molecule has 3 rings (SSSR count). The van der Waals surface area contributed by atoms with Gasteiger partial charge in [0.1, 0.15) is 0 Å². The van der Waals surface area contributed by atoms with Crippen LogP contribution in [0.5, 0.6) is 0 Å². The maximum atomic E-state index is 15.4. The first-order valence-corrected chi connectivity index (χ1v) is 19.3. The van der Waals surface area contributed by atoms with E-state index in [1.807, 2.05) is 39.3 Å². The van der Waals surface area contributed by atoms with E-state index in [1.54, 1.807) is 27.7 Å². The van der Waals surface area contributed by atoms with Gasteiger partial charge in [0.15, 0.2) is 0 Å². The van der Waals surface area contributed by atoms with E-state index in [1.165, 1.54) is 22.7 Å². The van der Waals surface area contributed by atoms with Crippen molar-refractivity contribution in [2.75, 3.05) is 0 Å². The molecule has 1 aliphatic carbocycles. The molecule has 184 valence electrons. The summed E-state index contributed by atoms with van der Waals surface area (Å²) < 4.78 is 93.1. The van der Waals surface area contributed by atoms with Crippen LogP contribution in [-0.4, -0.2) is 33.9 Å². The quantitative estimate of drug-likeness (QED) is 0.273. The van der Waals surface area contributed by atoms with E-state index >= 15 is 17.6 Å². The number of allylic oxidation sites excluding steroid dienone is 2. The molecular formula is C23H30F6S2Si2. The summed E-state index contributed by atoms with van der Waals surface area (Å²) in [6, 6.07) is 0. The SMILES string of the molecule is Cc1sc([Si](C)(C)C)c(C)c1C1=C(c2c(C)sc([Si](C)(C)C)c2C)C(F)(F)C(F)(F)C1(F)F. The topological polar surface area (TPSA) is 0 Å². The zero-order valence-electron chi connectivity index (χ0n) is 20.6. The lowest BCUT2D eigenvalue weighted by Crippen LogP contribution is -2.49. The summed E-state index contributed by atoms with van der Waals surface area (Å²) in [5, 5.41) is 0. The summed E-state index contributed by atoms with van der Waals surface area (Å²) >= 11 is 2.53. The van der Waals surface area contributed by atoms with Crippen molar-refractivity contribution < 1.29 is 26.3 Å². The molecule has 0 N–H and O–H groups in total. The smallest absolute Gasteiger partial charge is 0.194 e. The van der Waals surface area contributed by atoms with Crippen LogP contribution in [0.2, 0.25) is 39.3 Å². The standard InChI is InChI=1S/C23H30F6S2Si2/c1-11-15(13(3)30-19(11)32(5,6)7)17-18(22(26,27)23(28,29)21(17,24)25)16-12(2)20(31-14(16)4)33(8,9)10/h1-10H3. The Balaban J connectivity index is 2.55. The van der Waals surface area contributed by atoms with Gasteiger partial charge in [-0.3, -0.25) is 0 Å². The highest BCUT2D eigenvalue weighted by Gasteiger charge is 2.80. The highest BCUT2D eigenvalue weighted by molar-refractivity contribution is 7.27. The van der Waals surface area contributed by atoms with E-state index in [-0.39, 0.29) is 11.1 Å². The predicted octanol–water partition coefficient (Wildman–Crippen LogP) is 7.96. The summed E-state index contributed by atoms with van der Waals surface area (Å²) in [5.74, 6) is -15.5. The number of hydrogen-bond donors (Lipinski definition) is 0. The largest absolute Gasteiger partial charge is 0.380 e. The van der Waals surface area contributed by atoms with Gasteiger partial charge < -0.3 is 0 Å². The van der Waals surface area contributed by atoms with Crippen molar-refractivity contribution in [1.82, 2.24) is 0 Å². The molecule has 0 amide bonds. The molecule has 0 radical (unpaired) electrons. The normalized spacial score (nSPS) is 20.1. The van der Waals surface area contributed by atoms with Gasteiger partial charge in [-0.15, -0.1) is 22.7 Å². The Labute approximate surface area is 201 Å². The zero-order chi connectivity index (χ0) is 25.7. The fraction of sp³-hybridized carbons (Fsp3) is 0.565. The lowest BCUT2D eigenvalue weighted by Gasteiger charge is -2.26. The molecule has 2 aromatic heterocycles. The molecule has 1 aliphatic rings. The Kier molecular flexibility index (Phi) is 6.14. The van der Waals surface area contributed by atoms with Crippen LogP contribution in [0.25, 0.3) is 11.1 Å². The van der Waals surface area contributed by atoms with Crippen LogP contribution >= 0.6 is 22.7 Å². The average Bonchev–Trinajstić information content (AvgIpc) is 3.10. The third-order valence-electron chi connectivity index (χ3n) is 6.17. The molecule has 33 heavy (non-hydrogen) atoms. The first-order valence-electron chi connectivity index (χ1n) is 10.7. The maximum absolute atomic E-state index is 15.4. The molecule has 0 saturated carbocycles. The molecule has 0 fully saturated rings. The first-order chi connectivity index (χ1) is 14.6. The highest BCUT2D eigenvalue weighted by atomic mass is 32.1. The Morgan fingerprint density at radius 2 is 0.818 bits per heavy atom. The Hall–Kier alpha value is -0.846. The van der Waals surface area contributed by atoms with Crippen molar-refractivity contribution >= 4 is 59.0 Å². The van der Waals surface area contributed by atoms with Crippen LogP contribution in [0, 0.1) is 27.7 Å². The van der Waals surface area contributed by atoms with Crippen LogP contribution in [0.3, 0.4) is 0 Å². The molecule has 0 aromatic carbocycles. The lowest BCUT2D eigenvalue weighted by atomic mass is 9.92. The molecule has 0 unspecified atom stereocenters. The number of hydrogen-bond acceptors (Lipinski definition) is 2. The average molecular weight is 541 g/mol.